The van der Waals surface area contributed by atoms with E-state index in [-0.39, 0.29) is 11.8 Å². The minimum atomic E-state index is 0.0393. The predicted octanol–water partition coefficient (Wildman–Crippen LogP) is 4.61. The molecule has 33 heavy (non-hydrogen) atoms. The fourth-order valence-electron chi connectivity index (χ4n) is 4.44. The van der Waals surface area contributed by atoms with Crippen molar-refractivity contribution >= 4 is 23.5 Å². The third-order valence-electron chi connectivity index (χ3n) is 6.35. The first-order valence-electron chi connectivity index (χ1n) is 11.5. The van der Waals surface area contributed by atoms with Crippen molar-refractivity contribution in [2.45, 2.75) is 46.5 Å². The van der Waals surface area contributed by atoms with Crippen LogP contribution in [0.2, 0.25) is 0 Å². The lowest BCUT2D eigenvalue weighted by atomic mass is 9.93. The fourth-order valence-corrected chi connectivity index (χ4v) is 4.44. The second-order valence-corrected chi connectivity index (χ2v) is 8.88. The van der Waals surface area contributed by atoms with Crippen molar-refractivity contribution in [3.63, 3.8) is 0 Å². The molecule has 0 radical (unpaired) electrons. The molecule has 1 saturated heterocycles. The maximum atomic E-state index is 13.0. The van der Waals surface area contributed by atoms with Gasteiger partial charge in [0.25, 0.3) is 0 Å². The zero-order valence-corrected chi connectivity index (χ0v) is 20.1. The zero-order chi connectivity index (χ0) is 23.5. The summed E-state index contributed by atoms with van der Waals surface area (Å²) in [6, 6.07) is 8.10. The summed E-state index contributed by atoms with van der Waals surface area (Å²) in [4.78, 5) is 24.1. The summed E-state index contributed by atoms with van der Waals surface area (Å²) in [7, 11) is 1.92. The Hall–Kier alpha value is -3.48. The lowest BCUT2D eigenvalue weighted by Crippen LogP contribution is -2.38. The summed E-state index contributed by atoms with van der Waals surface area (Å²) < 4.78 is 1.85. The van der Waals surface area contributed by atoms with E-state index in [1.165, 1.54) is 0 Å². The Morgan fingerprint density at radius 1 is 1.21 bits per heavy atom. The van der Waals surface area contributed by atoms with Gasteiger partial charge < -0.3 is 10.2 Å². The molecule has 1 aliphatic heterocycles. The summed E-state index contributed by atoms with van der Waals surface area (Å²) in [6.45, 7) is 9.48. The minimum absolute atomic E-state index is 0.0393. The third kappa shape index (κ3) is 5.13. The maximum Gasteiger partial charge on any atom is 0.246 e. The van der Waals surface area contributed by atoms with Crippen LogP contribution in [-0.2, 0) is 11.8 Å². The quantitative estimate of drug-likeness (QED) is 0.582. The summed E-state index contributed by atoms with van der Waals surface area (Å²) in [5, 5.41) is 7.85. The standard InChI is InChI=1S/C26H32N6O/c1-17-8-6-12-27-26(17)29-22-14-18(2)28-24(15-22)21-9-7-13-32(16-21)25(33)11-10-23-19(3)30-31(5)20(23)4/h6,8,10-12,14-15,21H,7,9,13,16H2,1-5H3,(H,27,28,29)/b11-10+/t21-/m1/s1. The van der Waals surface area contributed by atoms with Crippen LogP contribution in [0.4, 0.5) is 11.5 Å². The minimum Gasteiger partial charge on any atom is -0.340 e. The van der Waals surface area contributed by atoms with Crippen molar-refractivity contribution in [3.05, 3.63) is 70.4 Å². The van der Waals surface area contributed by atoms with Crippen LogP contribution in [0.25, 0.3) is 6.08 Å². The lowest BCUT2D eigenvalue weighted by Gasteiger charge is -2.32. The highest BCUT2D eigenvalue weighted by Crippen LogP contribution is 2.29. The van der Waals surface area contributed by atoms with Crippen LogP contribution in [0.1, 0.15) is 52.7 Å². The van der Waals surface area contributed by atoms with Crippen LogP contribution in [0.15, 0.2) is 36.5 Å². The van der Waals surface area contributed by atoms with Crippen molar-refractivity contribution in [1.82, 2.24) is 24.6 Å². The molecule has 4 heterocycles. The Labute approximate surface area is 195 Å². The fraction of sp³-hybridized carbons (Fsp3) is 0.385. The smallest absolute Gasteiger partial charge is 0.246 e. The van der Waals surface area contributed by atoms with Gasteiger partial charge in [0.1, 0.15) is 5.82 Å². The number of carbonyl (C=O) groups excluding carboxylic acids is 1. The molecular formula is C26H32N6O. The topological polar surface area (TPSA) is 75.9 Å². The number of nitrogens with zero attached hydrogens (tertiary/aromatic N) is 5. The molecule has 0 aliphatic carbocycles. The van der Waals surface area contributed by atoms with Crippen LogP contribution in [-0.4, -0.2) is 43.6 Å². The number of likely N-dealkylation sites (tertiary alicyclic amines) is 1. The van der Waals surface area contributed by atoms with Crippen molar-refractivity contribution < 1.29 is 4.79 Å². The monoisotopic (exact) mass is 444 g/mol. The molecule has 1 fully saturated rings. The van der Waals surface area contributed by atoms with E-state index < -0.39 is 0 Å². The average Bonchev–Trinajstić information content (AvgIpc) is 3.04. The van der Waals surface area contributed by atoms with E-state index in [9.17, 15) is 4.79 Å². The van der Waals surface area contributed by atoms with Gasteiger partial charge in [-0.05, 0) is 70.4 Å². The molecule has 172 valence electrons. The number of carbonyl (C=O) groups is 1. The Balaban J connectivity index is 1.49. The maximum absolute atomic E-state index is 13.0. The number of nitrogens with one attached hydrogen (secondary N) is 1. The summed E-state index contributed by atoms with van der Waals surface area (Å²) in [6.07, 6.45) is 7.35. The van der Waals surface area contributed by atoms with Gasteiger partial charge in [-0.2, -0.15) is 5.10 Å². The van der Waals surface area contributed by atoms with Gasteiger partial charge in [-0.1, -0.05) is 6.07 Å². The molecule has 7 heteroatoms. The van der Waals surface area contributed by atoms with Gasteiger partial charge in [0.05, 0.1) is 5.69 Å². The largest absolute Gasteiger partial charge is 0.340 e. The first-order valence-corrected chi connectivity index (χ1v) is 11.5. The van der Waals surface area contributed by atoms with Crippen molar-refractivity contribution in [1.29, 1.82) is 0 Å². The van der Waals surface area contributed by atoms with E-state index in [0.29, 0.717) is 6.54 Å². The van der Waals surface area contributed by atoms with E-state index in [4.69, 9.17) is 4.98 Å². The number of aryl methyl sites for hydroxylation is 4. The number of hydrogen-bond acceptors (Lipinski definition) is 5. The predicted molar refractivity (Wildman–Crippen MR) is 132 cm³/mol. The van der Waals surface area contributed by atoms with Gasteiger partial charge in [0.15, 0.2) is 0 Å². The van der Waals surface area contributed by atoms with Crippen molar-refractivity contribution in [3.8, 4) is 0 Å². The van der Waals surface area contributed by atoms with Gasteiger partial charge in [-0.3, -0.25) is 14.5 Å². The van der Waals surface area contributed by atoms with E-state index >= 15 is 0 Å². The Kier molecular flexibility index (Phi) is 6.58. The highest BCUT2D eigenvalue weighted by atomic mass is 16.2. The summed E-state index contributed by atoms with van der Waals surface area (Å²) in [5.41, 5.74) is 7.04. The van der Waals surface area contributed by atoms with Gasteiger partial charge >= 0.3 is 0 Å². The molecule has 0 bridgehead atoms. The van der Waals surface area contributed by atoms with Crippen LogP contribution in [0, 0.1) is 27.7 Å². The molecule has 0 spiro atoms. The molecule has 7 nitrogen and oxygen atoms in total. The molecule has 1 atom stereocenters. The molecule has 3 aromatic rings. The third-order valence-corrected chi connectivity index (χ3v) is 6.35. The molecule has 1 aliphatic rings. The lowest BCUT2D eigenvalue weighted by molar-refractivity contribution is -0.127. The van der Waals surface area contributed by atoms with Gasteiger partial charge in [0, 0.05) is 66.7 Å². The van der Waals surface area contributed by atoms with Gasteiger partial charge in [-0.25, -0.2) is 4.98 Å². The highest BCUT2D eigenvalue weighted by Gasteiger charge is 2.25. The van der Waals surface area contributed by atoms with E-state index in [1.807, 2.05) is 68.6 Å². The Morgan fingerprint density at radius 2 is 2.03 bits per heavy atom. The zero-order valence-electron chi connectivity index (χ0n) is 20.1. The van der Waals surface area contributed by atoms with Gasteiger partial charge in [-0.15, -0.1) is 0 Å². The Morgan fingerprint density at radius 3 is 2.76 bits per heavy atom. The Bertz CT molecular complexity index is 1200. The molecule has 4 rings (SSSR count). The number of hydrogen-bond donors (Lipinski definition) is 1. The van der Waals surface area contributed by atoms with Crippen molar-refractivity contribution in [2.24, 2.45) is 7.05 Å². The summed E-state index contributed by atoms with van der Waals surface area (Å²) >= 11 is 0. The van der Waals surface area contributed by atoms with Gasteiger partial charge in [0.2, 0.25) is 5.91 Å². The number of amides is 1. The first kappa shape index (κ1) is 22.7. The number of anilines is 2. The number of aromatic nitrogens is 4. The SMILES string of the molecule is Cc1cc(Nc2ncccc2C)cc([C@@H]2CCCN(C(=O)/C=C/c3c(C)nn(C)c3C)C2)n1. The van der Waals surface area contributed by atoms with E-state index in [0.717, 1.165) is 64.8 Å². The molecule has 1 amide bonds. The average molecular weight is 445 g/mol. The molecule has 0 saturated carbocycles. The van der Waals surface area contributed by atoms with Crippen LogP contribution in [0.3, 0.4) is 0 Å². The van der Waals surface area contributed by atoms with Crippen LogP contribution < -0.4 is 5.32 Å². The second kappa shape index (κ2) is 9.57. The molecule has 3 aromatic heterocycles. The number of rotatable bonds is 5. The van der Waals surface area contributed by atoms with Crippen LogP contribution in [0.5, 0.6) is 0 Å². The number of pyridine rings is 2. The molecule has 1 N–H and O–H groups in total. The van der Waals surface area contributed by atoms with E-state index in [1.54, 1.807) is 12.3 Å². The molecule has 0 unspecified atom stereocenters. The normalized spacial score (nSPS) is 16.4. The van der Waals surface area contributed by atoms with Crippen molar-refractivity contribution in [2.75, 3.05) is 18.4 Å². The van der Waals surface area contributed by atoms with Crippen LogP contribution >= 0.6 is 0 Å². The highest BCUT2D eigenvalue weighted by molar-refractivity contribution is 5.92. The van der Waals surface area contributed by atoms with E-state index in [2.05, 4.69) is 21.5 Å². The summed E-state index contributed by atoms with van der Waals surface area (Å²) in [5.74, 6) is 1.10. The number of piperidine rings is 1. The molecule has 0 aromatic carbocycles. The second-order valence-electron chi connectivity index (χ2n) is 8.88. The first-order chi connectivity index (χ1) is 15.8. The molecular weight excluding hydrogens is 412 g/mol.